The molecule has 0 amide bonds. The molecule has 18 heavy (non-hydrogen) atoms. The molecule has 0 rings (SSSR count). The van der Waals surface area contributed by atoms with Crippen molar-refractivity contribution in [3.63, 3.8) is 0 Å². The minimum absolute atomic E-state index is 0.106. The van der Waals surface area contributed by atoms with E-state index in [1.807, 2.05) is 0 Å². The van der Waals surface area contributed by atoms with Crippen molar-refractivity contribution in [3.05, 3.63) is 0 Å². The van der Waals surface area contributed by atoms with Crippen LogP contribution in [0.3, 0.4) is 0 Å². The molecule has 0 saturated carbocycles. The van der Waals surface area contributed by atoms with Crippen molar-refractivity contribution in [2.45, 2.75) is 73.0 Å². The van der Waals surface area contributed by atoms with Crippen molar-refractivity contribution in [1.29, 1.82) is 0 Å². The highest BCUT2D eigenvalue weighted by Gasteiger charge is 2.26. The minimum Gasteiger partial charge on any atom is -0.396 e. The largest absolute Gasteiger partial charge is 0.396 e. The maximum Gasteiger partial charge on any atom is 0.0485 e. The van der Waals surface area contributed by atoms with Gasteiger partial charge < -0.3 is 5.11 Å². The third kappa shape index (κ3) is 7.68. The first-order chi connectivity index (χ1) is 8.14. The average molecular weight is 275 g/mol. The lowest BCUT2D eigenvalue weighted by atomic mass is 9.84. The van der Waals surface area contributed by atoms with Gasteiger partial charge in [0.05, 0.1) is 0 Å². The van der Waals surface area contributed by atoms with Gasteiger partial charge in [-0.15, -0.1) is 0 Å². The molecule has 0 spiro atoms. The van der Waals surface area contributed by atoms with Gasteiger partial charge in [-0.1, -0.05) is 48.5 Å². The van der Waals surface area contributed by atoms with Gasteiger partial charge in [0.25, 0.3) is 0 Å². The first-order valence-electron chi connectivity index (χ1n) is 7.36. The standard InChI is InChI=1S/C16H34OS/c1-8-16(7,11-17)10-14(4)18-12-15(5,6)9-13(2)3/h13-14,17H,8-12H2,1-7H3. The van der Waals surface area contributed by atoms with E-state index < -0.39 is 0 Å². The number of aliphatic hydroxyl groups excluding tert-OH is 1. The highest BCUT2D eigenvalue weighted by atomic mass is 32.2. The molecule has 0 radical (unpaired) electrons. The van der Waals surface area contributed by atoms with E-state index in [1.54, 1.807) is 0 Å². The smallest absolute Gasteiger partial charge is 0.0485 e. The van der Waals surface area contributed by atoms with Crippen LogP contribution in [0, 0.1) is 16.7 Å². The lowest BCUT2D eigenvalue weighted by Crippen LogP contribution is -2.25. The molecule has 0 saturated heterocycles. The van der Waals surface area contributed by atoms with Crippen LogP contribution in [0.25, 0.3) is 0 Å². The molecule has 0 bridgehead atoms. The molecule has 0 fully saturated rings. The van der Waals surface area contributed by atoms with Crippen molar-refractivity contribution in [1.82, 2.24) is 0 Å². The summed E-state index contributed by atoms with van der Waals surface area (Å²) in [6, 6.07) is 0. The van der Waals surface area contributed by atoms with Crippen LogP contribution in [0.5, 0.6) is 0 Å². The number of hydrogen-bond donors (Lipinski definition) is 1. The fourth-order valence-corrected chi connectivity index (χ4v) is 3.98. The van der Waals surface area contributed by atoms with Gasteiger partial charge in [-0.25, -0.2) is 0 Å². The molecule has 2 atom stereocenters. The maximum atomic E-state index is 9.47. The Balaban J connectivity index is 4.14. The second-order valence-electron chi connectivity index (χ2n) is 7.41. The van der Waals surface area contributed by atoms with Crippen LogP contribution in [-0.2, 0) is 0 Å². The van der Waals surface area contributed by atoms with Crippen molar-refractivity contribution in [2.24, 2.45) is 16.7 Å². The van der Waals surface area contributed by atoms with Crippen molar-refractivity contribution >= 4 is 11.8 Å². The Morgan fingerprint density at radius 1 is 1.06 bits per heavy atom. The predicted molar refractivity (Wildman–Crippen MR) is 85.3 cm³/mol. The molecule has 1 nitrogen and oxygen atoms in total. The maximum absolute atomic E-state index is 9.47. The highest BCUT2D eigenvalue weighted by Crippen LogP contribution is 2.35. The van der Waals surface area contributed by atoms with E-state index in [9.17, 15) is 5.11 Å². The topological polar surface area (TPSA) is 20.2 Å². The zero-order valence-electron chi connectivity index (χ0n) is 13.5. The third-order valence-corrected chi connectivity index (χ3v) is 5.42. The lowest BCUT2D eigenvalue weighted by Gasteiger charge is -2.31. The van der Waals surface area contributed by atoms with Gasteiger partial charge in [-0.2, -0.15) is 11.8 Å². The monoisotopic (exact) mass is 274 g/mol. The van der Waals surface area contributed by atoms with E-state index in [-0.39, 0.29) is 5.41 Å². The van der Waals surface area contributed by atoms with E-state index in [4.69, 9.17) is 0 Å². The zero-order valence-corrected chi connectivity index (χ0v) is 14.4. The van der Waals surface area contributed by atoms with Crippen LogP contribution in [0.4, 0.5) is 0 Å². The SMILES string of the molecule is CCC(C)(CO)CC(C)SCC(C)(C)CC(C)C. The van der Waals surface area contributed by atoms with Crippen LogP contribution in [0.2, 0.25) is 0 Å². The summed E-state index contributed by atoms with van der Waals surface area (Å²) < 4.78 is 0. The summed E-state index contributed by atoms with van der Waals surface area (Å²) in [5, 5.41) is 10.1. The van der Waals surface area contributed by atoms with Gasteiger partial charge in [0.15, 0.2) is 0 Å². The van der Waals surface area contributed by atoms with Crippen LogP contribution in [0.1, 0.15) is 67.7 Å². The molecule has 0 aliphatic carbocycles. The zero-order chi connectivity index (χ0) is 14.4. The number of rotatable bonds is 9. The van der Waals surface area contributed by atoms with E-state index in [1.165, 1.54) is 12.2 Å². The van der Waals surface area contributed by atoms with Gasteiger partial charge in [-0.3, -0.25) is 0 Å². The Kier molecular flexibility index (Phi) is 7.93. The van der Waals surface area contributed by atoms with Crippen molar-refractivity contribution < 1.29 is 5.11 Å². The molecule has 0 aliphatic heterocycles. The van der Waals surface area contributed by atoms with E-state index in [0.717, 1.165) is 18.8 Å². The molecule has 0 heterocycles. The normalized spacial score (nSPS) is 17.8. The van der Waals surface area contributed by atoms with Gasteiger partial charge in [0.2, 0.25) is 0 Å². The Bertz CT molecular complexity index is 219. The molecular formula is C16H34OS. The molecule has 0 aromatic carbocycles. The number of aliphatic hydroxyl groups is 1. The molecule has 1 N–H and O–H groups in total. The van der Waals surface area contributed by atoms with Crippen LogP contribution in [-0.4, -0.2) is 22.7 Å². The summed E-state index contributed by atoms with van der Waals surface area (Å²) in [5.74, 6) is 1.99. The van der Waals surface area contributed by atoms with E-state index >= 15 is 0 Å². The second-order valence-corrected chi connectivity index (χ2v) is 8.84. The van der Waals surface area contributed by atoms with Crippen LogP contribution in [0.15, 0.2) is 0 Å². The summed E-state index contributed by atoms with van der Waals surface area (Å²) in [6.45, 7) is 16.3. The number of hydrogen-bond acceptors (Lipinski definition) is 2. The first-order valence-corrected chi connectivity index (χ1v) is 8.41. The predicted octanol–water partition coefficient (Wildman–Crippen LogP) is 4.98. The lowest BCUT2D eigenvalue weighted by molar-refractivity contribution is 0.129. The summed E-state index contributed by atoms with van der Waals surface area (Å²) in [5.41, 5.74) is 0.531. The summed E-state index contributed by atoms with van der Waals surface area (Å²) in [6.07, 6.45) is 3.46. The van der Waals surface area contributed by atoms with Crippen LogP contribution >= 0.6 is 11.8 Å². The van der Waals surface area contributed by atoms with E-state index in [0.29, 0.717) is 17.3 Å². The first kappa shape index (κ1) is 18.3. The average Bonchev–Trinajstić information content (AvgIpc) is 2.25. The fraction of sp³-hybridized carbons (Fsp3) is 1.00. The quantitative estimate of drug-likeness (QED) is 0.640. The van der Waals surface area contributed by atoms with Gasteiger partial charge in [0.1, 0.15) is 0 Å². The summed E-state index contributed by atoms with van der Waals surface area (Å²) >= 11 is 2.07. The minimum atomic E-state index is 0.106. The second kappa shape index (κ2) is 7.79. The third-order valence-electron chi connectivity index (χ3n) is 3.73. The summed E-state index contributed by atoms with van der Waals surface area (Å²) in [4.78, 5) is 0. The Hall–Kier alpha value is 0.310. The van der Waals surface area contributed by atoms with Crippen molar-refractivity contribution in [2.75, 3.05) is 12.4 Å². The van der Waals surface area contributed by atoms with Crippen molar-refractivity contribution in [3.8, 4) is 0 Å². The molecule has 2 heteroatoms. The molecule has 0 aromatic rings. The molecule has 110 valence electrons. The number of thioether (sulfide) groups is 1. The molecule has 2 unspecified atom stereocenters. The molecule has 0 aliphatic rings. The van der Waals surface area contributed by atoms with Gasteiger partial charge in [0, 0.05) is 11.9 Å². The highest BCUT2D eigenvalue weighted by molar-refractivity contribution is 7.99. The molecular weight excluding hydrogens is 240 g/mol. The molecule has 0 aromatic heterocycles. The summed E-state index contributed by atoms with van der Waals surface area (Å²) in [7, 11) is 0. The van der Waals surface area contributed by atoms with Gasteiger partial charge >= 0.3 is 0 Å². The van der Waals surface area contributed by atoms with Crippen LogP contribution < -0.4 is 0 Å². The fourth-order valence-electron chi connectivity index (χ4n) is 2.61. The van der Waals surface area contributed by atoms with Gasteiger partial charge in [-0.05, 0) is 41.8 Å². The Morgan fingerprint density at radius 2 is 1.61 bits per heavy atom. The Labute approximate surface area is 119 Å². The van der Waals surface area contributed by atoms with E-state index in [2.05, 4.69) is 60.2 Å². The Morgan fingerprint density at radius 3 is 2.00 bits per heavy atom.